The Morgan fingerprint density at radius 1 is 1.19 bits per heavy atom. The molecule has 1 aromatic carbocycles. The van der Waals surface area contributed by atoms with Crippen molar-refractivity contribution >= 4 is 28.7 Å². The zero-order valence-corrected chi connectivity index (χ0v) is 10.7. The zero-order valence-electron chi connectivity index (χ0n) is 9.08. The SMILES string of the molecule is Cc1ccc(C(=O)c2cc(C)c(Cl)s2)cc1. The van der Waals surface area contributed by atoms with Crippen molar-refractivity contribution in [2.45, 2.75) is 13.8 Å². The number of thiophene rings is 1. The number of rotatable bonds is 2. The molecule has 82 valence electrons. The first-order chi connectivity index (χ1) is 7.58. The predicted molar refractivity (Wildman–Crippen MR) is 68.7 cm³/mol. The third-order valence-electron chi connectivity index (χ3n) is 2.39. The number of ketones is 1. The summed E-state index contributed by atoms with van der Waals surface area (Å²) in [6.45, 7) is 3.91. The molecule has 3 heteroatoms. The fraction of sp³-hybridized carbons (Fsp3) is 0.154. The van der Waals surface area contributed by atoms with Crippen molar-refractivity contribution in [3.05, 3.63) is 56.2 Å². The highest BCUT2D eigenvalue weighted by molar-refractivity contribution is 7.18. The summed E-state index contributed by atoms with van der Waals surface area (Å²) in [5.41, 5.74) is 2.82. The third kappa shape index (κ3) is 2.18. The maximum Gasteiger partial charge on any atom is 0.203 e. The number of carbonyl (C=O) groups is 1. The molecule has 1 nitrogen and oxygen atoms in total. The average Bonchev–Trinajstić information content (AvgIpc) is 2.59. The molecule has 1 aromatic heterocycles. The fourth-order valence-corrected chi connectivity index (χ4v) is 2.58. The summed E-state index contributed by atoms with van der Waals surface area (Å²) in [4.78, 5) is 12.8. The van der Waals surface area contributed by atoms with Crippen LogP contribution in [0.5, 0.6) is 0 Å². The first-order valence-electron chi connectivity index (χ1n) is 4.95. The molecule has 1 heterocycles. The van der Waals surface area contributed by atoms with E-state index in [0.717, 1.165) is 11.1 Å². The lowest BCUT2D eigenvalue weighted by molar-refractivity contribution is 0.104. The van der Waals surface area contributed by atoms with Crippen LogP contribution >= 0.6 is 22.9 Å². The predicted octanol–water partition coefficient (Wildman–Crippen LogP) is 4.25. The monoisotopic (exact) mass is 250 g/mol. The highest BCUT2D eigenvalue weighted by Gasteiger charge is 2.13. The fourth-order valence-electron chi connectivity index (χ4n) is 1.42. The van der Waals surface area contributed by atoms with Crippen LogP contribution in [0.1, 0.15) is 26.4 Å². The molecule has 0 unspecified atom stereocenters. The van der Waals surface area contributed by atoms with E-state index in [1.165, 1.54) is 11.3 Å². The molecule has 0 bridgehead atoms. The number of carbonyl (C=O) groups excluding carboxylic acids is 1. The average molecular weight is 251 g/mol. The maximum absolute atomic E-state index is 12.1. The van der Waals surface area contributed by atoms with Gasteiger partial charge in [0.05, 0.1) is 9.21 Å². The third-order valence-corrected chi connectivity index (χ3v) is 3.95. The lowest BCUT2D eigenvalue weighted by Crippen LogP contribution is -1.97. The molecule has 0 radical (unpaired) electrons. The highest BCUT2D eigenvalue weighted by atomic mass is 35.5. The molecule has 0 fully saturated rings. The number of hydrogen-bond acceptors (Lipinski definition) is 2. The molecule has 0 saturated carbocycles. The Morgan fingerprint density at radius 2 is 1.81 bits per heavy atom. The van der Waals surface area contributed by atoms with Gasteiger partial charge < -0.3 is 0 Å². The Morgan fingerprint density at radius 3 is 2.31 bits per heavy atom. The van der Waals surface area contributed by atoms with E-state index in [2.05, 4.69) is 0 Å². The van der Waals surface area contributed by atoms with Crippen LogP contribution in [0.4, 0.5) is 0 Å². The minimum absolute atomic E-state index is 0.0417. The van der Waals surface area contributed by atoms with Crippen molar-refractivity contribution in [1.29, 1.82) is 0 Å². The van der Waals surface area contributed by atoms with Gasteiger partial charge in [-0.2, -0.15) is 0 Å². The molecule has 16 heavy (non-hydrogen) atoms. The molecule has 0 aliphatic rings. The van der Waals surface area contributed by atoms with Crippen LogP contribution in [0.15, 0.2) is 30.3 Å². The lowest BCUT2D eigenvalue weighted by Gasteiger charge is -1.98. The van der Waals surface area contributed by atoms with E-state index in [4.69, 9.17) is 11.6 Å². The molecule has 2 aromatic rings. The highest BCUT2D eigenvalue weighted by Crippen LogP contribution is 2.28. The first-order valence-corrected chi connectivity index (χ1v) is 6.14. The maximum atomic E-state index is 12.1. The lowest BCUT2D eigenvalue weighted by atomic mass is 10.1. The van der Waals surface area contributed by atoms with Crippen molar-refractivity contribution in [3.8, 4) is 0 Å². The van der Waals surface area contributed by atoms with Gasteiger partial charge in [-0.1, -0.05) is 41.4 Å². The Labute approximate surface area is 104 Å². The van der Waals surface area contributed by atoms with E-state index in [1.54, 1.807) is 0 Å². The minimum Gasteiger partial charge on any atom is -0.288 e. The Bertz CT molecular complexity index is 506. The van der Waals surface area contributed by atoms with Gasteiger partial charge in [-0.25, -0.2) is 0 Å². The van der Waals surface area contributed by atoms with Gasteiger partial charge in [0.2, 0.25) is 5.78 Å². The molecule has 2 rings (SSSR count). The summed E-state index contributed by atoms with van der Waals surface area (Å²) in [7, 11) is 0. The summed E-state index contributed by atoms with van der Waals surface area (Å²) in [6.07, 6.45) is 0. The molecule has 0 aliphatic carbocycles. The normalized spacial score (nSPS) is 10.4. The van der Waals surface area contributed by atoms with E-state index < -0.39 is 0 Å². The van der Waals surface area contributed by atoms with E-state index in [1.807, 2.05) is 44.2 Å². The van der Waals surface area contributed by atoms with E-state index in [-0.39, 0.29) is 5.78 Å². The number of halogens is 1. The summed E-state index contributed by atoms with van der Waals surface area (Å²) in [5.74, 6) is 0.0417. The van der Waals surface area contributed by atoms with Gasteiger partial charge in [-0.05, 0) is 25.5 Å². The van der Waals surface area contributed by atoms with Crippen molar-refractivity contribution in [1.82, 2.24) is 0 Å². The van der Waals surface area contributed by atoms with Crippen LogP contribution < -0.4 is 0 Å². The first kappa shape index (κ1) is 11.4. The van der Waals surface area contributed by atoms with Crippen molar-refractivity contribution in [3.63, 3.8) is 0 Å². The molecule has 0 N–H and O–H groups in total. The minimum atomic E-state index is 0.0417. The van der Waals surface area contributed by atoms with Crippen LogP contribution in [0, 0.1) is 13.8 Å². The molecular formula is C13H11ClOS. The summed E-state index contributed by atoms with van der Waals surface area (Å²) in [5, 5.41) is 0. The van der Waals surface area contributed by atoms with Crippen molar-refractivity contribution in [2.24, 2.45) is 0 Å². The number of hydrogen-bond donors (Lipinski definition) is 0. The number of benzene rings is 1. The van der Waals surface area contributed by atoms with Crippen LogP contribution in [0.3, 0.4) is 0 Å². The second-order valence-electron chi connectivity index (χ2n) is 3.76. The smallest absolute Gasteiger partial charge is 0.203 e. The van der Waals surface area contributed by atoms with Crippen LogP contribution in [0.25, 0.3) is 0 Å². The molecule has 0 amide bonds. The van der Waals surface area contributed by atoms with Gasteiger partial charge in [0.1, 0.15) is 0 Å². The van der Waals surface area contributed by atoms with Gasteiger partial charge in [0.25, 0.3) is 0 Å². The van der Waals surface area contributed by atoms with Crippen molar-refractivity contribution < 1.29 is 4.79 Å². The van der Waals surface area contributed by atoms with Gasteiger partial charge in [-0.3, -0.25) is 4.79 Å². The Kier molecular flexibility index (Phi) is 3.13. The second kappa shape index (κ2) is 4.40. The van der Waals surface area contributed by atoms with E-state index >= 15 is 0 Å². The van der Waals surface area contributed by atoms with Crippen LogP contribution in [0.2, 0.25) is 4.34 Å². The van der Waals surface area contributed by atoms with E-state index in [9.17, 15) is 4.79 Å². The largest absolute Gasteiger partial charge is 0.288 e. The zero-order chi connectivity index (χ0) is 11.7. The Hall–Kier alpha value is -1.12. The van der Waals surface area contributed by atoms with Crippen LogP contribution in [-0.4, -0.2) is 5.78 Å². The molecule has 0 saturated heterocycles. The summed E-state index contributed by atoms with van der Waals surface area (Å²) < 4.78 is 0.690. The summed E-state index contributed by atoms with van der Waals surface area (Å²) in [6, 6.07) is 9.42. The molecule has 0 aliphatic heterocycles. The molecule has 0 spiro atoms. The van der Waals surface area contributed by atoms with Crippen LogP contribution in [-0.2, 0) is 0 Å². The molecule has 0 atom stereocenters. The van der Waals surface area contributed by atoms with E-state index in [0.29, 0.717) is 14.8 Å². The van der Waals surface area contributed by atoms with Gasteiger partial charge >= 0.3 is 0 Å². The quantitative estimate of drug-likeness (QED) is 0.729. The van der Waals surface area contributed by atoms with Gasteiger partial charge in [-0.15, -0.1) is 11.3 Å². The molecular weight excluding hydrogens is 240 g/mol. The topological polar surface area (TPSA) is 17.1 Å². The van der Waals surface area contributed by atoms with Gasteiger partial charge in [0.15, 0.2) is 0 Å². The Balaban J connectivity index is 2.35. The summed E-state index contributed by atoms with van der Waals surface area (Å²) >= 11 is 7.29. The second-order valence-corrected chi connectivity index (χ2v) is 5.42. The number of aryl methyl sites for hydroxylation is 2. The standard InChI is InChI=1S/C13H11ClOS/c1-8-3-5-10(6-4-8)12(15)11-7-9(2)13(14)16-11/h3-7H,1-2H3. The van der Waals surface area contributed by atoms with Crippen molar-refractivity contribution in [2.75, 3.05) is 0 Å². The van der Waals surface area contributed by atoms with Gasteiger partial charge in [0, 0.05) is 5.56 Å².